The van der Waals surface area contributed by atoms with Crippen LogP contribution >= 0.6 is 0 Å². The smallest absolute Gasteiger partial charge is 0.364 e. The van der Waals surface area contributed by atoms with Gasteiger partial charge in [0.25, 0.3) is 11.6 Å². The molecule has 6 aliphatic heterocycles. The molecule has 2 unspecified atom stereocenters. The topological polar surface area (TPSA) is 674 Å². The molecule has 6 heterocycles. The molecule has 3 amide bonds. The molecule has 34 atom stereocenters. The molecule has 772 valence electrons. The zero-order valence-corrected chi connectivity index (χ0v) is 77.7. The Bertz CT molecular complexity index is 3360. The number of unbranched alkanes of at least 4 members (excludes halogenated alkanes) is 28. The molecule has 0 aliphatic carbocycles. The van der Waals surface area contributed by atoms with Gasteiger partial charge in [0.2, 0.25) is 17.7 Å². The Morgan fingerprint density at radius 1 is 0.414 bits per heavy atom. The lowest BCUT2D eigenvalue weighted by atomic mass is 9.86. The Morgan fingerprint density at radius 2 is 0.782 bits per heavy atom. The van der Waals surface area contributed by atoms with E-state index in [9.17, 15) is 136 Å². The fraction of sp³-hybridized carbons (Fsp3) is 0.890. The number of carboxylic acids is 2. The number of aliphatic hydroxyl groups excluding tert-OH is 19. The van der Waals surface area contributed by atoms with Crippen molar-refractivity contribution in [3.8, 4) is 0 Å². The minimum atomic E-state index is -3.49. The van der Waals surface area contributed by atoms with Crippen LogP contribution in [0, 0.1) is 5.92 Å². The summed E-state index contributed by atoms with van der Waals surface area (Å²) in [6.07, 6.45) is -23.0. The number of nitrogens with one attached hydrogen (secondary N) is 3. The van der Waals surface area contributed by atoms with Gasteiger partial charge in [-0.15, -0.1) is 0 Å². The number of hydrogen-bond acceptors (Lipinski definition) is 37. The van der Waals surface area contributed by atoms with E-state index in [1.807, 2.05) is 0 Å². The highest BCUT2D eigenvalue weighted by Crippen LogP contribution is 2.44. The number of carboxylic acid groups (broad SMARTS) is 2. The Morgan fingerprint density at radius 3 is 1.20 bits per heavy atom. The molecule has 6 rings (SSSR count). The predicted molar refractivity (Wildman–Crippen MR) is 469 cm³/mol. The van der Waals surface area contributed by atoms with Crippen molar-refractivity contribution in [1.29, 1.82) is 0 Å². The zero-order chi connectivity index (χ0) is 98.1. The molecular weight excluding hydrogens is 1760 g/mol. The van der Waals surface area contributed by atoms with Crippen LogP contribution in [-0.2, 0) is 85.6 Å². The number of Topliss-reactive ketones (excluding diaryl/α,β-unsaturated/α-hetero) is 1. The van der Waals surface area contributed by atoms with Gasteiger partial charge in [-0.2, -0.15) is 0 Å². The number of carbonyl (C=O) groups excluding carboxylic acids is 4. The van der Waals surface area contributed by atoms with Gasteiger partial charge in [-0.3, -0.25) is 14.4 Å². The average Bonchev–Trinajstić information content (AvgIpc) is 0.752. The molecule has 0 spiro atoms. The number of rotatable bonds is 65. The summed E-state index contributed by atoms with van der Waals surface area (Å²) in [6.45, 7) is -0.611. The minimum Gasteiger partial charge on any atom is -0.477 e. The summed E-state index contributed by atoms with van der Waals surface area (Å²) < 4.78 is 72.8. The van der Waals surface area contributed by atoms with Crippen LogP contribution in [0.3, 0.4) is 0 Å². The molecule has 42 heteroatoms. The van der Waals surface area contributed by atoms with E-state index in [0.717, 1.165) is 104 Å². The van der Waals surface area contributed by atoms with Crippen molar-refractivity contribution in [3.05, 3.63) is 24.3 Å². The second kappa shape index (κ2) is 61.1. The lowest BCUT2D eigenvalue weighted by molar-refractivity contribution is -0.408. The summed E-state index contributed by atoms with van der Waals surface area (Å²) in [6, 6.07) is -4.78. The van der Waals surface area contributed by atoms with Crippen molar-refractivity contribution < 1.29 is 193 Å². The number of aliphatic hydroxyl groups is 19. The van der Waals surface area contributed by atoms with E-state index in [1.165, 1.54) is 109 Å². The number of carbonyl (C=O) groups is 6. The fourth-order valence-electron chi connectivity index (χ4n) is 17.9. The molecule has 0 aromatic heterocycles. The monoisotopic (exact) mass is 1920 g/mol. The highest BCUT2D eigenvalue weighted by Gasteiger charge is 2.64. The van der Waals surface area contributed by atoms with Crippen molar-refractivity contribution >= 4 is 35.4 Å². The second-order valence-corrected chi connectivity index (χ2v) is 36.3. The Kier molecular flexibility index (Phi) is 53.7. The van der Waals surface area contributed by atoms with E-state index in [0.29, 0.717) is 12.8 Å². The van der Waals surface area contributed by atoms with Crippen LogP contribution in [0.15, 0.2) is 24.3 Å². The molecule has 0 saturated carbocycles. The molecule has 42 nitrogen and oxygen atoms in total. The molecule has 133 heavy (non-hydrogen) atoms. The second-order valence-electron chi connectivity index (χ2n) is 36.3. The normalized spacial score (nSPS) is 34.2. The molecule has 6 aliphatic rings. The highest BCUT2D eigenvalue weighted by atomic mass is 16.8. The van der Waals surface area contributed by atoms with E-state index in [2.05, 4.69) is 41.9 Å². The zero-order valence-electron chi connectivity index (χ0n) is 77.7. The molecule has 6 saturated heterocycles. The summed E-state index contributed by atoms with van der Waals surface area (Å²) in [7, 11) is 0. The van der Waals surface area contributed by atoms with Crippen molar-refractivity contribution in [2.75, 3.05) is 46.2 Å². The third-order valence-electron chi connectivity index (χ3n) is 25.5. The minimum absolute atomic E-state index is 0.0940. The van der Waals surface area contributed by atoms with Crippen molar-refractivity contribution in [1.82, 2.24) is 16.0 Å². The van der Waals surface area contributed by atoms with E-state index in [1.54, 1.807) is 6.08 Å². The van der Waals surface area contributed by atoms with Gasteiger partial charge in [-0.25, -0.2) is 9.59 Å². The molecule has 0 aromatic rings. The van der Waals surface area contributed by atoms with E-state index >= 15 is 0 Å². The fourth-order valence-corrected chi connectivity index (χ4v) is 17.9. The molecule has 24 N–H and O–H groups in total. The van der Waals surface area contributed by atoms with Gasteiger partial charge in [0.1, 0.15) is 128 Å². The summed E-state index contributed by atoms with van der Waals surface area (Å²) in [5, 5.41) is 245. The summed E-state index contributed by atoms with van der Waals surface area (Å²) in [5.74, 6) is -16.1. The quantitative estimate of drug-likeness (QED) is 0.0265. The van der Waals surface area contributed by atoms with Gasteiger partial charge >= 0.3 is 11.9 Å². The van der Waals surface area contributed by atoms with Gasteiger partial charge < -0.3 is 185 Å². The summed E-state index contributed by atoms with van der Waals surface area (Å²) in [4.78, 5) is 79.9. The van der Waals surface area contributed by atoms with Gasteiger partial charge in [-0.1, -0.05) is 192 Å². The lowest BCUT2D eigenvalue weighted by Crippen LogP contribution is -2.71. The summed E-state index contributed by atoms with van der Waals surface area (Å²) in [5.41, 5.74) is 0. The lowest BCUT2D eigenvalue weighted by Gasteiger charge is -2.53. The Hall–Kier alpha value is -4.74. The van der Waals surface area contributed by atoms with Crippen LogP contribution in [0.1, 0.15) is 259 Å². The molecule has 6 fully saturated rings. The van der Waals surface area contributed by atoms with Crippen molar-refractivity contribution in [2.24, 2.45) is 5.92 Å². The first-order chi connectivity index (χ1) is 63.6. The SMILES string of the molecule is CCCCCCCC/C=C\CCCCCCCCCCCCCC(=O)N[C@@H](CO[C@@H]1O[C@H](CO)[C@@H](O[C@@H]2O[C@H](CO)[C@H](O[C@@H]3O[C@H](CO)[C@H](O)[C@H](O[C@@H]4O[C@H](CO)[C@H](O)[C@H](O[C@]5(C(=O)O)C[C@H](O)[C@@H](NC(C)=O)C([C@H](O)[C@H](O)CO)O5)[C@H]4O)[C@H]3CC(C)=O)[C@H](O[C@]3(C(=O)O)C[C@H](O)[C@@H](NC(C)=O)C([C@H](O)[C@H](O)CO)O3)[C@H]2O)[C@H](O)[C@H]1O)[C@H](O)/C=C/CCCCCCCCCCCCC. The van der Waals surface area contributed by atoms with Gasteiger partial charge in [0.05, 0.1) is 88.8 Å². The first kappa shape index (κ1) is 117. The number of aliphatic carboxylic acids is 2. The Balaban J connectivity index is 1.26. The Labute approximate surface area is 778 Å². The van der Waals surface area contributed by atoms with E-state index in [4.69, 9.17) is 56.8 Å². The van der Waals surface area contributed by atoms with Crippen LogP contribution < -0.4 is 16.0 Å². The molecule has 0 aromatic carbocycles. The number of ether oxygens (including phenoxy) is 12. The maximum atomic E-state index is 14.1. The van der Waals surface area contributed by atoms with Crippen molar-refractivity contribution in [3.63, 3.8) is 0 Å². The maximum absolute atomic E-state index is 14.1. The molecule has 0 bridgehead atoms. The van der Waals surface area contributed by atoms with Crippen molar-refractivity contribution in [2.45, 2.75) is 461 Å². The van der Waals surface area contributed by atoms with Gasteiger partial charge in [-0.05, 0) is 51.9 Å². The van der Waals surface area contributed by atoms with Crippen LogP contribution in [0.4, 0.5) is 0 Å². The van der Waals surface area contributed by atoms with E-state index < -0.39 is 308 Å². The van der Waals surface area contributed by atoms with Crippen LogP contribution in [0.5, 0.6) is 0 Å². The maximum Gasteiger partial charge on any atom is 0.364 e. The first-order valence-corrected chi connectivity index (χ1v) is 48.1. The predicted octanol–water partition coefficient (Wildman–Crippen LogP) is -0.661. The third-order valence-corrected chi connectivity index (χ3v) is 25.5. The van der Waals surface area contributed by atoms with Crippen LogP contribution in [0.25, 0.3) is 0 Å². The third kappa shape index (κ3) is 35.8. The molecule has 0 radical (unpaired) electrons. The molecular formula is C91H159N3O39. The standard InChI is InChI=1S/C91H159N3O39/c1-6-8-10-12-14-16-18-20-21-22-23-24-25-26-27-29-31-33-35-37-39-41-66(109)94-56(57(104)40-38-36-34-32-30-28-19-17-15-13-11-9-7-2)51-122-85-74(115)73(114)78(64(49-99)125-85)128-87-76(117)83(133-91(89(120)121)44-59(106)68(93-54(5)103)81(131-91)70(111)61(108)46-96)79(65(50-100)126-87)129-84-55(42-52(3)101)77(71(112)62(47-97)123-84)127-86-75(116)82(72(113)63(48-98)124-86)132-90(88(118)119)43-58(105)67(92-53(4)102)80(130-90)69(110)60(107)45-95/h20-21,38,40,55-65,67-87,95-100,104-108,110-117H,6-19,22-37,39,41-51H2,1-5H3,(H,92,102)(H,93,103)(H,94,109)(H,118,119)(H,120,121)/b21-20-,40-38+/t55-,56+,57-,58+,59+,60-,61-,62-,63-,64-,65-,67-,68-,69-,70-,71+,72+,73-,74-,75-,76-,77-,78-,79+,80?,81?,82+,83-,84+,85-,86+,87+,90+,91+/m1/s1. The van der Waals surface area contributed by atoms with E-state index in [-0.39, 0.29) is 6.42 Å². The van der Waals surface area contributed by atoms with Gasteiger partial charge in [0.15, 0.2) is 25.2 Å². The largest absolute Gasteiger partial charge is 0.477 e. The average molecular weight is 1920 g/mol. The number of allylic oxidation sites excluding steroid dienone is 3. The summed E-state index contributed by atoms with van der Waals surface area (Å²) >= 11 is 0. The number of amides is 3. The first-order valence-electron chi connectivity index (χ1n) is 48.1. The van der Waals surface area contributed by atoms with Gasteiger partial charge in [0, 0.05) is 45.4 Å². The highest BCUT2D eigenvalue weighted by molar-refractivity contribution is 5.78. The van der Waals surface area contributed by atoms with Crippen LogP contribution in [-0.4, -0.2) is 390 Å². The van der Waals surface area contributed by atoms with Crippen LogP contribution in [0.2, 0.25) is 0 Å². The number of hydrogen-bond donors (Lipinski definition) is 24. The number of ketones is 1.